The number of aromatic nitrogens is 1. The van der Waals surface area contributed by atoms with E-state index < -0.39 is 0 Å². The highest BCUT2D eigenvalue weighted by Crippen LogP contribution is 2.18. The molecule has 0 bridgehead atoms. The van der Waals surface area contributed by atoms with E-state index in [0.29, 0.717) is 13.0 Å². The Bertz CT molecular complexity index is 672. The minimum Gasteiger partial charge on any atom is -0.489 e. The van der Waals surface area contributed by atoms with Gasteiger partial charge >= 0.3 is 0 Å². The minimum absolute atomic E-state index is 0.0680. The number of nitrogens with one attached hydrogen (secondary N) is 1. The van der Waals surface area contributed by atoms with Crippen LogP contribution in [0.5, 0.6) is 5.75 Å². The van der Waals surface area contributed by atoms with Gasteiger partial charge in [-0.2, -0.15) is 0 Å². The Morgan fingerprint density at radius 3 is 2.58 bits per heavy atom. The molecule has 142 valence electrons. The van der Waals surface area contributed by atoms with Crippen molar-refractivity contribution in [3.63, 3.8) is 0 Å². The van der Waals surface area contributed by atoms with Crippen molar-refractivity contribution in [2.24, 2.45) is 0 Å². The van der Waals surface area contributed by atoms with Crippen LogP contribution < -0.4 is 10.1 Å². The molecular weight excluding hydrogens is 328 g/mol. The zero-order chi connectivity index (χ0) is 18.9. The molecule has 0 aliphatic heterocycles. The van der Waals surface area contributed by atoms with E-state index in [0.717, 1.165) is 41.2 Å². The number of aryl methyl sites for hydroxylation is 2. The maximum Gasteiger partial charge on any atom is 0.224 e. The number of ether oxygens (including phenoxy) is 1. The van der Waals surface area contributed by atoms with Gasteiger partial charge in [0.2, 0.25) is 5.91 Å². The first-order valence-corrected chi connectivity index (χ1v) is 9.42. The van der Waals surface area contributed by atoms with Crippen LogP contribution in [0.25, 0.3) is 0 Å². The van der Waals surface area contributed by atoms with Crippen molar-refractivity contribution in [3.8, 4) is 5.75 Å². The third-order valence-electron chi connectivity index (χ3n) is 4.50. The van der Waals surface area contributed by atoms with Gasteiger partial charge in [0.25, 0.3) is 0 Å². The molecule has 26 heavy (non-hydrogen) atoms. The van der Waals surface area contributed by atoms with Crippen LogP contribution in [-0.4, -0.2) is 17.1 Å². The molecule has 0 saturated heterocycles. The van der Waals surface area contributed by atoms with Crippen LogP contribution in [-0.2, 0) is 17.8 Å². The Hall–Kier alpha value is -2.30. The summed E-state index contributed by atoms with van der Waals surface area (Å²) >= 11 is 0. The molecule has 0 aliphatic carbocycles. The summed E-state index contributed by atoms with van der Waals surface area (Å²) in [7, 11) is 0. The molecule has 0 unspecified atom stereocenters. The van der Waals surface area contributed by atoms with Crippen molar-refractivity contribution in [1.82, 2.24) is 10.5 Å². The molecule has 0 radical (unpaired) electrons. The molecule has 1 aromatic heterocycles. The molecule has 1 atom stereocenters. The first-order chi connectivity index (χ1) is 12.5. The number of unbranched alkanes of at least 4 members (excludes halogenated alkanes) is 2. The lowest BCUT2D eigenvalue weighted by Crippen LogP contribution is -2.33. The lowest BCUT2D eigenvalue weighted by Gasteiger charge is -2.13. The molecule has 5 heteroatoms. The fraction of sp³-hybridized carbons (Fsp3) is 0.524. The van der Waals surface area contributed by atoms with Gasteiger partial charge in [-0.1, -0.05) is 43.5 Å². The second-order valence-electron chi connectivity index (χ2n) is 6.88. The van der Waals surface area contributed by atoms with Gasteiger partial charge in [-0.05, 0) is 44.9 Å². The van der Waals surface area contributed by atoms with Crippen molar-refractivity contribution in [3.05, 3.63) is 46.8 Å². The van der Waals surface area contributed by atoms with Crippen LogP contribution in [0.2, 0.25) is 0 Å². The van der Waals surface area contributed by atoms with E-state index in [1.165, 1.54) is 12.8 Å². The standard InChI is InChI=1S/C21H30N2O3/c1-5-6-7-8-15(2)22-21(24)13-18-9-11-19(12-10-18)25-14-20-16(3)23-26-17(20)4/h9-12,15H,5-8,13-14H2,1-4H3,(H,22,24)/t15-/m0/s1. The summed E-state index contributed by atoms with van der Waals surface area (Å²) in [5.41, 5.74) is 2.81. The molecule has 0 spiro atoms. The van der Waals surface area contributed by atoms with Gasteiger partial charge in [0.1, 0.15) is 18.1 Å². The van der Waals surface area contributed by atoms with Gasteiger partial charge in [0.05, 0.1) is 17.7 Å². The van der Waals surface area contributed by atoms with E-state index in [-0.39, 0.29) is 11.9 Å². The van der Waals surface area contributed by atoms with Crippen molar-refractivity contribution in [1.29, 1.82) is 0 Å². The third-order valence-corrected chi connectivity index (χ3v) is 4.50. The minimum atomic E-state index is 0.0680. The van der Waals surface area contributed by atoms with E-state index in [2.05, 4.69) is 24.3 Å². The van der Waals surface area contributed by atoms with Crippen molar-refractivity contribution in [2.75, 3.05) is 0 Å². The number of benzene rings is 1. The third kappa shape index (κ3) is 6.21. The summed E-state index contributed by atoms with van der Waals surface area (Å²) in [6, 6.07) is 7.89. The van der Waals surface area contributed by atoms with Crippen molar-refractivity contribution in [2.45, 2.75) is 72.4 Å². The molecule has 2 aromatic rings. The average molecular weight is 358 g/mol. The summed E-state index contributed by atoms with van der Waals surface area (Å²) < 4.78 is 10.9. The molecule has 0 saturated carbocycles. The lowest BCUT2D eigenvalue weighted by atomic mass is 10.1. The molecule has 1 aromatic carbocycles. The maximum atomic E-state index is 12.1. The largest absolute Gasteiger partial charge is 0.489 e. The molecule has 1 amide bonds. The fourth-order valence-corrected chi connectivity index (χ4v) is 2.85. The van der Waals surface area contributed by atoms with E-state index in [1.807, 2.05) is 38.1 Å². The summed E-state index contributed by atoms with van der Waals surface area (Å²) in [6.45, 7) is 8.46. The van der Waals surface area contributed by atoms with Gasteiger partial charge in [0, 0.05) is 6.04 Å². The van der Waals surface area contributed by atoms with Crippen LogP contribution in [0.3, 0.4) is 0 Å². The summed E-state index contributed by atoms with van der Waals surface area (Å²) in [4.78, 5) is 12.1. The van der Waals surface area contributed by atoms with Gasteiger partial charge in [-0.25, -0.2) is 0 Å². The second kappa shape index (κ2) is 10.00. The zero-order valence-electron chi connectivity index (χ0n) is 16.3. The average Bonchev–Trinajstić information content (AvgIpc) is 2.92. The van der Waals surface area contributed by atoms with Gasteiger partial charge in [-0.15, -0.1) is 0 Å². The normalized spacial score (nSPS) is 12.0. The Balaban J connectivity index is 1.78. The number of carbonyl (C=O) groups excluding carboxylic acids is 1. The van der Waals surface area contributed by atoms with Crippen LogP contribution >= 0.6 is 0 Å². The van der Waals surface area contributed by atoms with Gasteiger partial charge < -0.3 is 14.6 Å². The lowest BCUT2D eigenvalue weighted by molar-refractivity contribution is -0.121. The highest BCUT2D eigenvalue weighted by molar-refractivity contribution is 5.78. The van der Waals surface area contributed by atoms with Gasteiger partial charge in [-0.3, -0.25) is 4.79 Å². The molecule has 0 aliphatic rings. The first-order valence-electron chi connectivity index (χ1n) is 9.42. The number of hydrogen-bond acceptors (Lipinski definition) is 4. The number of hydrogen-bond donors (Lipinski definition) is 1. The van der Waals surface area contributed by atoms with Crippen LogP contribution in [0.4, 0.5) is 0 Å². The summed E-state index contributed by atoms with van der Waals surface area (Å²) in [6.07, 6.45) is 5.01. The number of rotatable bonds is 10. The Labute approximate surface area is 156 Å². The SMILES string of the molecule is CCCCC[C@H](C)NC(=O)Cc1ccc(OCc2c(C)noc2C)cc1. The maximum absolute atomic E-state index is 12.1. The number of carbonyl (C=O) groups is 1. The molecule has 2 rings (SSSR count). The number of amides is 1. The van der Waals surface area contributed by atoms with E-state index in [4.69, 9.17) is 9.26 Å². The monoisotopic (exact) mass is 358 g/mol. The van der Waals surface area contributed by atoms with E-state index in [1.54, 1.807) is 0 Å². The Kier molecular flexibility index (Phi) is 7.70. The quantitative estimate of drug-likeness (QED) is 0.635. The smallest absolute Gasteiger partial charge is 0.224 e. The number of nitrogens with zero attached hydrogens (tertiary/aromatic N) is 1. The van der Waals surface area contributed by atoms with Crippen LogP contribution in [0, 0.1) is 13.8 Å². The second-order valence-corrected chi connectivity index (χ2v) is 6.88. The molecule has 1 N–H and O–H groups in total. The topological polar surface area (TPSA) is 64.4 Å². The summed E-state index contributed by atoms with van der Waals surface area (Å²) in [5, 5.41) is 6.99. The predicted octanol–water partition coefficient (Wildman–Crippen LogP) is 4.50. The molecule has 0 fully saturated rings. The summed E-state index contributed by atoms with van der Waals surface area (Å²) in [5.74, 6) is 1.62. The molecule has 1 heterocycles. The molecular formula is C21H30N2O3. The molecule has 5 nitrogen and oxygen atoms in total. The van der Waals surface area contributed by atoms with Crippen LogP contribution in [0.1, 0.15) is 62.1 Å². The van der Waals surface area contributed by atoms with E-state index in [9.17, 15) is 4.79 Å². The van der Waals surface area contributed by atoms with E-state index >= 15 is 0 Å². The fourth-order valence-electron chi connectivity index (χ4n) is 2.85. The highest BCUT2D eigenvalue weighted by atomic mass is 16.5. The first kappa shape index (κ1) is 20.0. The van der Waals surface area contributed by atoms with Gasteiger partial charge in [0.15, 0.2) is 0 Å². The van der Waals surface area contributed by atoms with Crippen molar-refractivity contribution >= 4 is 5.91 Å². The Morgan fingerprint density at radius 2 is 1.96 bits per heavy atom. The predicted molar refractivity (Wildman–Crippen MR) is 102 cm³/mol. The Morgan fingerprint density at radius 1 is 1.23 bits per heavy atom. The van der Waals surface area contributed by atoms with Crippen LogP contribution in [0.15, 0.2) is 28.8 Å². The van der Waals surface area contributed by atoms with Crippen molar-refractivity contribution < 1.29 is 14.1 Å². The zero-order valence-corrected chi connectivity index (χ0v) is 16.3. The highest BCUT2D eigenvalue weighted by Gasteiger charge is 2.10.